The second-order valence-electron chi connectivity index (χ2n) is 22.1. The smallest absolute Gasteiger partial charge is 0.309 e. The Morgan fingerprint density at radius 1 is 1.00 bits per heavy atom. The summed E-state index contributed by atoms with van der Waals surface area (Å²) in [5.41, 5.74) is -3.21. The van der Waals surface area contributed by atoms with E-state index >= 15 is 0 Å². The number of sulfonamides is 1. The van der Waals surface area contributed by atoms with Crippen molar-refractivity contribution < 1.29 is 66.5 Å². The quantitative estimate of drug-likeness (QED) is 0.158. The van der Waals surface area contributed by atoms with E-state index in [0.29, 0.717) is 43.6 Å². The summed E-state index contributed by atoms with van der Waals surface area (Å²) in [6, 6.07) is 4.29. The number of benzene rings is 1. The number of aromatic nitrogens is 3. The largest absolute Gasteiger partial charge is 0.459 e. The number of hydrogen-bond acceptors (Lipinski definition) is 17. The van der Waals surface area contributed by atoms with Crippen LogP contribution in [-0.2, 0) is 49.7 Å². The van der Waals surface area contributed by atoms with Crippen LogP contribution in [0.5, 0.6) is 0 Å². The lowest BCUT2D eigenvalue weighted by Crippen LogP contribution is -2.61. The lowest BCUT2D eigenvalue weighted by molar-refractivity contribution is -0.275. The zero-order valence-electron chi connectivity index (χ0n) is 45.1. The van der Waals surface area contributed by atoms with Gasteiger partial charge in [-0.2, -0.15) is 0 Å². The molecule has 0 saturated carbocycles. The summed E-state index contributed by atoms with van der Waals surface area (Å²) in [4.78, 5) is 18.7. The van der Waals surface area contributed by atoms with Gasteiger partial charge >= 0.3 is 5.97 Å². The Morgan fingerprint density at radius 3 is 2.24 bits per heavy atom. The first-order valence-corrected chi connectivity index (χ1v) is 27.1. The Kier molecular flexibility index (Phi) is 20.4. The number of cyclic esters (lactones) is 1. The number of primary sulfonamides is 1. The number of halogens is 1. The highest BCUT2D eigenvalue weighted by molar-refractivity contribution is 7.89. The number of nitrogens with two attached hydrogens (primary N) is 1. The molecule has 0 aliphatic carbocycles. The topological polar surface area (TPSA) is 251 Å². The standard InChI is InChI=1S/C51H87FN6O13S/c1-15-41-51(10,63)45(59)33(6)57(12)27-29(2)24-49(8,62)47(31(4)43(32(5)48(61)70-41)40-25-50(9,67-14)46(60)34(7)69-40)71-42-23-37(22-30(3)68-42)56(11)21-20-36-28-58(55-54-36)39(26-52)44(66-13)35-16-18-38(19-17-35)72(53,64)65/h16-19,28-34,37,39-47,59-60,62-63H,15,20-27H2,1-14H3,(H2,53,64,65)/t29-,30-,31+,32-,33-,34+,37+,39-,40-,41-,42+,43?,44-,45-,46+,47-,49-,50-,51-/m1/s1. The van der Waals surface area contributed by atoms with Crippen molar-refractivity contribution in [1.29, 1.82) is 0 Å². The minimum absolute atomic E-state index is 0.0385. The van der Waals surface area contributed by atoms with E-state index in [1.807, 2.05) is 53.6 Å². The zero-order chi connectivity index (χ0) is 53.8. The first-order chi connectivity index (χ1) is 33.5. The van der Waals surface area contributed by atoms with E-state index in [9.17, 15) is 38.0 Å². The predicted octanol–water partition coefficient (Wildman–Crippen LogP) is 3.95. The van der Waals surface area contributed by atoms with Gasteiger partial charge in [0.05, 0.1) is 52.1 Å². The molecule has 6 N–H and O–H groups in total. The number of likely N-dealkylation sites (N-methyl/N-ethyl adjacent to an activating group) is 2. The number of aliphatic hydroxyl groups is 4. The highest BCUT2D eigenvalue weighted by atomic mass is 32.2. The normalized spacial score (nSPS) is 39.2. The Bertz CT molecular complexity index is 2160. The van der Waals surface area contributed by atoms with Gasteiger partial charge in [-0.3, -0.25) is 4.79 Å². The number of hydrogen-bond donors (Lipinski definition) is 5. The van der Waals surface area contributed by atoms with Gasteiger partial charge in [0.25, 0.3) is 0 Å². The summed E-state index contributed by atoms with van der Waals surface area (Å²) in [6.45, 7) is 18.3. The third-order valence-corrected chi connectivity index (χ3v) is 17.2. The van der Waals surface area contributed by atoms with E-state index < -0.39 is 118 Å². The van der Waals surface area contributed by atoms with Crippen LogP contribution in [0.4, 0.5) is 4.39 Å². The first-order valence-electron chi connectivity index (χ1n) is 25.6. The van der Waals surface area contributed by atoms with Crippen LogP contribution in [0.3, 0.4) is 0 Å². The van der Waals surface area contributed by atoms with E-state index in [4.69, 9.17) is 33.6 Å². The predicted molar refractivity (Wildman–Crippen MR) is 267 cm³/mol. The molecule has 1 aromatic carbocycles. The van der Waals surface area contributed by atoms with E-state index in [-0.39, 0.29) is 42.2 Å². The fraction of sp³-hybridized carbons (Fsp3) is 0.824. The van der Waals surface area contributed by atoms with E-state index in [1.54, 1.807) is 33.9 Å². The Morgan fingerprint density at radius 2 is 1.65 bits per heavy atom. The molecule has 1 aromatic heterocycles. The molecule has 21 heteroatoms. The molecule has 4 heterocycles. The van der Waals surface area contributed by atoms with Crippen molar-refractivity contribution in [3.63, 3.8) is 0 Å². The second-order valence-corrected chi connectivity index (χ2v) is 23.7. The van der Waals surface area contributed by atoms with Gasteiger partial charge in [-0.1, -0.05) is 45.0 Å². The van der Waals surface area contributed by atoms with Gasteiger partial charge in [-0.25, -0.2) is 22.6 Å². The summed E-state index contributed by atoms with van der Waals surface area (Å²) in [7, 11) is 2.92. The molecule has 412 valence electrons. The number of carbonyl (C=O) groups excluding carboxylic acids is 1. The molecule has 3 aliphatic heterocycles. The van der Waals surface area contributed by atoms with Crippen molar-refractivity contribution in [2.45, 2.75) is 203 Å². The summed E-state index contributed by atoms with van der Waals surface area (Å²) in [5, 5.41) is 61.7. The number of ether oxygens (including phenoxy) is 6. The minimum Gasteiger partial charge on any atom is -0.459 e. The van der Waals surface area contributed by atoms with Crippen LogP contribution in [0.1, 0.15) is 125 Å². The molecule has 5 rings (SSSR count). The fourth-order valence-electron chi connectivity index (χ4n) is 11.9. The van der Waals surface area contributed by atoms with Gasteiger partial charge in [0.2, 0.25) is 10.0 Å². The Hall–Kier alpha value is -2.77. The first kappa shape index (κ1) is 60.1. The van der Waals surface area contributed by atoms with Gasteiger partial charge in [0.1, 0.15) is 42.7 Å². The number of alkyl halides is 1. The highest BCUT2D eigenvalue weighted by Crippen LogP contribution is 2.45. The molecule has 0 spiro atoms. The maximum absolute atomic E-state index is 14.7. The van der Waals surface area contributed by atoms with Crippen molar-refractivity contribution in [2.24, 2.45) is 28.8 Å². The van der Waals surface area contributed by atoms with Gasteiger partial charge < -0.3 is 58.6 Å². The number of methoxy groups -OCH3 is 2. The molecular formula is C51H87FN6O13S. The van der Waals surface area contributed by atoms with Crippen molar-refractivity contribution in [3.05, 3.63) is 41.7 Å². The lowest BCUT2D eigenvalue weighted by atomic mass is 9.68. The molecule has 0 radical (unpaired) electrons. The van der Waals surface area contributed by atoms with Gasteiger partial charge in [0, 0.05) is 70.8 Å². The van der Waals surface area contributed by atoms with Crippen molar-refractivity contribution in [3.8, 4) is 0 Å². The number of rotatable bonds is 15. The molecule has 0 bridgehead atoms. The average Bonchev–Trinajstić information content (AvgIpc) is 3.79. The molecule has 2 aromatic rings. The summed E-state index contributed by atoms with van der Waals surface area (Å²) in [6.07, 6.45) is -3.50. The summed E-state index contributed by atoms with van der Waals surface area (Å²) in [5.74, 6) is -2.95. The molecule has 1 unspecified atom stereocenters. The molecular weight excluding hydrogens is 956 g/mol. The van der Waals surface area contributed by atoms with E-state index in [2.05, 4.69) is 15.2 Å². The number of carbonyl (C=O) groups is 1. The molecule has 19 nitrogen and oxygen atoms in total. The fourth-order valence-corrected chi connectivity index (χ4v) is 12.4. The molecule has 0 amide bonds. The van der Waals surface area contributed by atoms with Crippen LogP contribution in [0, 0.1) is 23.7 Å². The molecule has 3 saturated heterocycles. The van der Waals surface area contributed by atoms with Gasteiger partial charge in [-0.15, -0.1) is 5.10 Å². The van der Waals surface area contributed by atoms with Crippen molar-refractivity contribution >= 4 is 16.0 Å². The van der Waals surface area contributed by atoms with Gasteiger partial charge in [0.15, 0.2) is 6.29 Å². The van der Waals surface area contributed by atoms with E-state index in [1.165, 1.54) is 50.1 Å². The number of esters is 1. The van der Waals surface area contributed by atoms with Crippen LogP contribution in [-0.4, -0.2) is 186 Å². The van der Waals surface area contributed by atoms with Crippen LogP contribution in [0.25, 0.3) is 0 Å². The lowest BCUT2D eigenvalue weighted by Gasteiger charge is -2.51. The maximum atomic E-state index is 14.7. The Labute approximate surface area is 427 Å². The molecule has 72 heavy (non-hydrogen) atoms. The van der Waals surface area contributed by atoms with Crippen LogP contribution in [0.2, 0.25) is 0 Å². The molecule has 3 aliphatic rings. The SMILES string of the molecule is CC[C@H]1OC(=O)[C@H](C)C([C@H]2C[C@@](C)(OC)[C@@H](O)[C@H](C)O2)[C@H](C)[C@@H](O[C@H]2C[C@@H](N(C)CCc3cn([C@H](CF)[C@H](OC)c4ccc(S(N)(=O)=O)cc4)nn3)C[C@@H](C)O2)[C@](C)(O)C[C@@H](C)CN(C)[C@H](C)[C@@H](O)[C@]1(C)O. The minimum atomic E-state index is -3.92. The molecule has 19 atom stereocenters. The number of aliphatic hydroxyl groups excluding tert-OH is 2. The summed E-state index contributed by atoms with van der Waals surface area (Å²) < 4.78 is 77.9. The monoisotopic (exact) mass is 1040 g/mol. The second kappa shape index (κ2) is 24.5. The Balaban J connectivity index is 1.43. The summed E-state index contributed by atoms with van der Waals surface area (Å²) >= 11 is 0. The number of nitrogens with zero attached hydrogens (tertiary/aromatic N) is 5. The molecule has 3 fully saturated rings. The van der Waals surface area contributed by atoms with E-state index in [0.717, 1.165) is 0 Å². The maximum Gasteiger partial charge on any atom is 0.309 e. The van der Waals surface area contributed by atoms with Crippen LogP contribution >= 0.6 is 0 Å². The van der Waals surface area contributed by atoms with Gasteiger partial charge in [-0.05, 0) is 104 Å². The van der Waals surface area contributed by atoms with Crippen LogP contribution < -0.4 is 5.14 Å². The van der Waals surface area contributed by atoms with Crippen molar-refractivity contribution in [1.82, 2.24) is 24.8 Å². The average molecular weight is 1040 g/mol. The third kappa shape index (κ3) is 13.8. The third-order valence-electron chi connectivity index (χ3n) is 16.3. The van der Waals surface area contributed by atoms with Crippen molar-refractivity contribution in [2.75, 3.05) is 48.1 Å². The van der Waals surface area contributed by atoms with Crippen LogP contribution in [0.15, 0.2) is 35.4 Å². The highest BCUT2D eigenvalue weighted by Gasteiger charge is 2.54. The zero-order valence-corrected chi connectivity index (χ0v) is 45.9.